The van der Waals surface area contributed by atoms with Crippen molar-refractivity contribution in [3.8, 4) is 0 Å². The number of hydrogen-bond acceptors (Lipinski definition) is 2. The van der Waals surface area contributed by atoms with Gasteiger partial charge in [-0.25, -0.2) is 0 Å². The second-order valence-electron chi connectivity index (χ2n) is 6.61. The molecule has 1 fully saturated rings. The summed E-state index contributed by atoms with van der Waals surface area (Å²) in [6.07, 6.45) is 3.13. The third-order valence-electron chi connectivity index (χ3n) is 4.02. The van der Waals surface area contributed by atoms with Crippen LogP contribution in [-0.4, -0.2) is 39.0 Å². The fourth-order valence-electron chi connectivity index (χ4n) is 1.75. The number of unbranched alkanes of at least 4 members (excludes halogenated alkanes) is 1. The second kappa shape index (κ2) is 5.19. The number of hydrogen-bond donors (Lipinski definition) is 0. The van der Waals surface area contributed by atoms with E-state index in [9.17, 15) is 0 Å². The van der Waals surface area contributed by atoms with Crippen LogP contribution < -0.4 is 0 Å². The van der Waals surface area contributed by atoms with Crippen LogP contribution in [0.3, 0.4) is 0 Å². The first-order chi connectivity index (χ1) is 7.26. The predicted molar refractivity (Wildman–Crippen MR) is 73.4 cm³/mol. The van der Waals surface area contributed by atoms with Crippen molar-refractivity contribution in [2.24, 2.45) is 0 Å². The fourth-order valence-corrected chi connectivity index (χ4v) is 3.09. The maximum atomic E-state index is 6.35. The Kier molecular flexibility index (Phi) is 4.61. The maximum absolute atomic E-state index is 6.35. The van der Waals surface area contributed by atoms with Crippen LogP contribution in [0.25, 0.3) is 0 Å². The lowest BCUT2D eigenvalue weighted by atomic mass is 10.1. The van der Waals surface area contributed by atoms with Crippen LogP contribution in [-0.2, 0) is 4.43 Å². The zero-order chi connectivity index (χ0) is 12.4. The molecule has 3 heteroatoms. The Morgan fingerprint density at radius 3 is 2.25 bits per heavy atom. The monoisotopic (exact) mass is 243 g/mol. The molecule has 0 saturated carbocycles. The standard InChI is InChI=1S/C13H29NOSi/c1-7-8-9-14-10-12(11-14)15-16(5,6)13(2,3)4/h12H,7-11H2,1-6H3. The molecule has 1 aliphatic rings. The van der Waals surface area contributed by atoms with Crippen molar-refractivity contribution in [1.29, 1.82) is 0 Å². The molecule has 0 bridgehead atoms. The lowest BCUT2D eigenvalue weighted by molar-refractivity contribution is 0.0102. The Morgan fingerprint density at radius 2 is 1.81 bits per heavy atom. The number of nitrogens with zero attached hydrogens (tertiary/aromatic N) is 1. The van der Waals surface area contributed by atoms with Gasteiger partial charge in [0, 0.05) is 13.1 Å². The Balaban J connectivity index is 2.27. The summed E-state index contributed by atoms with van der Waals surface area (Å²) in [4.78, 5) is 2.52. The lowest BCUT2D eigenvalue weighted by Crippen LogP contribution is -2.57. The Bertz CT molecular complexity index is 216. The van der Waals surface area contributed by atoms with Crippen molar-refractivity contribution >= 4 is 8.32 Å². The van der Waals surface area contributed by atoms with Crippen LogP contribution in [0.15, 0.2) is 0 Å². The Labute approximate surface area is 102 Å². The molecule has 0 aliphatic carbocycles. The summed E-state index contributed by atoms with van der Waals surface area (Å²) < 4.78 is 6.35. The molecule has 0 N–H and O–H groups in total. The van der Waals surface area contributed by atoms with E-state index in [0.717, 1.165) is 13.1 Å². The molecule has 1 rings (SSSR count). The van der Waals surface area contributed by atoms with Crippen molar-refractivity contribution in [2.45, 2.75) is 64.8 Å². The molecule has 16 heavy (non-hydrogen) atoms. The largest absolute Gasteiger partial charge is 0.411 e. The van der Waals surface area contributed by atoms with E-state index in [1.807, 2.05) is 0 Å². The summed E-state index contributed by atoms with van der Waals surface area (Å²) in [5.41, 5.74) is 0. The zero-order valence-corrected chi connectivity index (χ0v) is 13.0. The van der Waals surface area contributed by atoms with Crippen molar-refractivity contribution in [2.75, 3.05) is 19.6 Å². The minimum atomic E-state index is -1.53. The van der Waals surface area contributed by atoms with Crippen LogP contribution in [0.4, 0.5) is 0 Å². The molecule has 0 atom stereocenters. The van der Waals surface area contributed by atoms with Crippen LogP contribution in [0, 0.1) is 0 Å². The van der Waals surface area contributed by atoms with Gasteiger partial charge in [-0.3, -0.25) is 4.90 Å². The average molecular weight is 243 g/mol. The van der Waals surface area contributed by atoms with Gasteiger partial charge in [-0.1, -0.05) is 34.1 Å². The van der Waals surface area contributed by atoms with E-state index in [1.54, 1.807) is 0 Å². The summed E-state index contributed by atoms with van der Waals surface area (Å²) in [7, 11) is -1.53. The van der Waals surface area contributed by atoms with E-state index in [-0.39, 0.29) is 0 Å². The second-order valence-corrected chi connectivity index (χ2v) is 11.4. The average Bonchev–Trinajstić information content (AvgIpc) is 2.06. The van der Waals surface area contributed by atoms with Gasteiger partial charge < -0.3 is 4.43 Å². The van der Waals surface area contributed by atoms with Crippen LogP contribution in [0.5, 0.6) is 0 Å². The third-order valence-corrected chi connectivity index (χ3v) is 8.55. The molecule has 0 unspecified atom stereocenters. The first-order valence-electron chi connectivity index (χ1n) is 6.66. The normalized spacial score (nSPS) is 19.9. The zero-order valence-electron chi connectivity index (χ0n) is 12.0. The Hall–Kier alpha value is 0.137. The molecular weight excluding hydrogens is 214 g/mol. The van der Waals surface area contributed by atoms with Gasteiger partial charge in [-0.2, -0.15) is 0 Å². The molecule has 0 aromatic carbocycles. The van der Waals surface area contributed by atoms with Gasteiger partial charge >= 0.3 is 0 Å². The first kappa shape index (κ1) is 14.2. The van der Waals surface area contributed by atoms with E-state index in [4.69, 9.17) is 4.43 Å². The molecule has 0 aromatic rings. The molecule has 1 heterocycles. The summed E-state index contributed by atoms with van der Waals surface area (Å²) >= 11 is 0. The van der Waals surface area contributed by atoms with E-state index in [2.05, 4.69) is 45.7 Å². The molecule has 1 aliphatic heterocycles. The van der Waals surface area contributed by atoms with Gasteiger partial charge in [-0.05, 0) is 31.1 Å². The SMILES string of the molecule is CCCCN1CC(O[Si](C)(C)C(C)(C)C)C1. The number of rotatable bonds is 5. The van der Waals surface area contributed by atoms with Crippen LogP contribution in [0.2, 0.25) is 18.1 Å². The fraction of sp³-hybridized carbons (Fsp3) is 1.00. The van der Waals surface area contributed by atoms with Gasteiger partial charge in [0.05, 0.1) is 6.10 Å². The predicted octanol–water partition coefficient (Wildman–Crippen LogP) is 3.49. The highest BCUT2D eigenvalue weighted by atomic mass is 28.4. The van der Waals surface area contributed by atoms with Crippen molar-refractivity contribution in [3.05, 3.63) is 0 Å². The van der Waals surface area contributed by atoms with Gasteiger partial charge in [-0.15, -0.1) is 0 Å². The van der Waals surface area contributed by atoms with Gasteiger partial charge in [0.25, 0.3) is 0 Å². The topological polar surface area (TPSA) is 12.5 Å². The summed E-state index contributed by atoms with van der Waals surface area (Å²) in [5, 5.41) is 0.344. The highest BCUT2D eigenvalue weighted by Gasteiger charge is 2.41. The minimum Gasteiger partial charge on any atom is -0.411 e. The van der Waals surface area contributed by atoms with E-state index >= 15 is 0 Å². The lowest BCUT2D eigenvalue weighted by Gasteiger charge is -2.46. The summed E-state index contributed by atoms with van der Waals surface area (Å²) in [5.74, 6) is 0. The molecule has 96 valence electrons. The van der Waals surface area contributed by atoms with Gasteiger partial charge in [0.2, 0.25) is 0 Å². The molecule has 0 aromatic heterocycles. The molecular formula is C13H29NOSi. The van der Waals surface area contributed by atoms with Gasteiger partial charge in [0.15, 0.2) is 8.32 Å². The van der Waals surface area contributed by atoms with E-state index < -0.39 is 8.32 Å². The summed E-state index contributed by atoms with van der Waals surface area (Å²) in [6, 6.07) is 0. The van der Waals surface area contributed by atoms with E-state index in [0.29, 0.717) is 11.1 Å². The molecule has 1 saturated heterocycles. The number of likely N-dealkylation sites (tertiary alicyclic amines) is 1. The van der Waals surface area contributed by atoms with Crippen LogP contribution in [0.1, 0.15) is 40.5 Å². The molecule has 0 spiro atoms. The van der Waals surface area contributed by atoms with E-state index in [1.165, 1.54) is 19.4 Å². The van der Waals surface area contributed by atoms with Crippen molar-refractivity contribution in [1.82, 2.24) is 4.90 Å². The molecule has 0 amide bonds. The maximum Gasteiger partial charge on any atom is 0.192 e. The minimum absolute atomic E-state index is 0.344. The third kappa shape index (κ3) is 3.57. The van der Waals surface area contributed by atoms with Crippen molar-refractivity contribution < 1.29 is 4.43 Å². The van der Waals surface area contributed by atoms with Gasteiger partial charge in [0.1, 0.15) is 0 Å². The summed E-state index contributed by atoms with van der Waals surface area (Å²) in [6.45, 7) is 17.5. The molecule has 2 nitrogen and oxygen atoms in total. The van der Waals surface area contributed by atoms with Crippen LogP contribution >= 0.6 is 0 Å². The molecule has 0 radical (unpaired) electrons. The Morgan fingerprint density at radius 1 is 1.25 bits per heavy atom. The smallest absolute Gasteiger partial charge is 0.192 e. The van der Waals surface area contributed by atoms with Crippen molar-refractivity contribution in [3.63, 3.8) is 0 Å². The highest BCUT2D eigenvalue weighted by molar-refractivity contribution is 6.74. The highest BCUT2D eigenvalue weighted by Crippen LogP contribution is 2.38. The quantitative estimate of drug-likeness (QED) is 0.685. The first-order valence-corrected chi connectivity index (χ1v) is 9.57.